The molecule has 0 amide bonds. The summed E-state index contributed by atoms with van der Waals surface area (Å²) in [6.07, 6.45) is 5.34. The van der Waals surface area contributed by atoms with Gasteiger partial charge in [0.25, 0.3) is 0 Å². The number of piperidine rings is 1. The van der Waals surface area contributed by atoms with Crippen LogP contribution < -0.4 is 0 Å². The molecule has 4 heterocycles. The van der Waals surface area contributed by atoms with Crippen molar-refractivity contribution in [3.63, 3.8) is 0 Å². The maximum atomic E-state index is 2.69. The Morgan fingerprint density at radius 2 is 2.10 bits per heavy atom. The average molecular weight is 266 g/mol. The van der Waals surface area contributed by atoms with Gasteiger partial charge in [0.15, 0.2) is 0 Å². The zero-order chi connectivity index (χ0) is 13.4. The highest BCUT2D eigenvalue weighted by Crippen LogP contribution is 2.51. The van der Waals surface area contributed by atoms with Crippen molar-refractivity contribution in [2.45, 2.75) is 51.1 Å². The summed E-state index contributed by atoms with van der Waals surface area (Å²) in [5, 5.41) is 1.59. The van der Waals surface area contributed by atoms with Crippen LogP contribution in [0.1, 0.15) is 53.6 Å². The van der Waals surface area contributed by atoms with Crippen molar-refractivity contribution in [1.82, 2.24) is 9.47 Å². The number of aromatic nitrogens is 1. The molecule has 1 fully saturated rings. The molecule has 1 aromatic heterocycles. The minimum Gasteiger partial charge on any atom is -0.343 e. The Bertz CT molecular complexity index is 725. The van der Waals surface area contributed by atoms with Gasteiger partial charge in [-0.1, -0.05) is 11.6 Å². The lowest BCUT2D eigenvalue weighted by Crippen LogP contribution is -2.40. The van der Waals surface area contributed by atoms with E-state index in [1.165, 1.54) is 44.3 Å². The fourth-order valence-corrected chi connectivity index (χ4v) is 5.15. The molecule has 6 rings (SSSR count). The summed E-state index contributed by atoms with van der Waals surface area (Å²) in [6, 6.07) is 5.56. The van der Waals surface area contributed by atoms with E-state index in [1.807, 2.05) is 0 Å². The number of aryl methyl sites for hydroxylation is 3. The number of rotatable bonds is 0. The van der Waals surface area contributed by atoms with E-state index in [9.17, 15) is 0 Å². The fourth-order valence-electron chi connectivity index (χ4n) is 5.15. The summed E-state index contributed by atoms with van der Waals surface area (Å²) < 4.78 is 2.69. The topological polar surface area (TPSA) is 8.17 Å². The van der Waals surface area contributed by atoms with Crippen LogP contribution in [0.4, 0.5) is 0 Å². The van der Waals surface area contributed by atoms with E-state index >= 15 is 0 Å². The highest BCUT2D eigenvalue weighted by atomic mass is 15.2. The molecule has 2 unspecified atom stereocenters. The largest absolute Gasteiger partial charge is 0.343 e. The summed E-state index contributed by atoms with van der Waals surface area (Å²) in [5.41, 5.74) is 8.03. The average Bonchev–Trinajstić information content (AvgIpc) is 2.78. The van der Waals surface area contributed by atoms with Crippen LogP contribution in [0.25, 0.3) is 10.9 Å². The third-order valence-electron chi connectivity index (χ3n) is 5.84. The number of hydrogen-bond acceptors (Lipinski definition) is 1. The molecule has 0 N–H and O–H groups in total. The minimum atomic E-state index is 0.675. The first-order valence-corrected chi connectivity index (χ1v) is 8.10. The monoisotopic (exact) mass is 266 g/mol. The number of likely N-dealkylation sites (N-methyl/N-ethyl adjacent to an activating group) is 1. The number of fused-ring (bicyclic) bond motifs is 2. The molecule has 1 saturated heterocycles. The van der Waals surface area contributed by atoms with Gasteiger partial charge in [-0.25, -0.2) is 0 Å². The Hall–Kier alpha value is -1.28. The first-order valence-electron chi connectivity index (χ1n) is 8.10. The molecule has 104 valence electrons. The quantitative estimate of drug-likeness (QED) is 0.705. The molecule has 2 atom stereocenters. The van der Waals surface area contributed by atoms with Crippen LogP contribution in [0.2, 0.25) is 0 Å². The minimum absolute atomic E-state index is 0.675. The van der Waals surface area contributed by atoms with E-state index in [-0.39, 0.29) is 0 Å². The Balaban J connectivity index is 1.94. The molecule has 0 radical (unpaired) electrons. The van der Waals surface area contributed by atoms with Gasteiger partial charge in [0, 0.05) is 24.2 Å². The molecular weight excluding hydrogens is 244 g/mol. The zero-order valence-corrected chi connectivity index (χ0v) is 12.4. The lowest BCUT2D eigenvalue weighted by Gasteiger charge is -2.44. The standard InChI is InChI=1S/C18H22N2/c1-11-8-12-4-3-7-20-17(12)14(9-11)16-13-5-6-15(18(16)20)19(2)10-13/h8-9,13,15H,3-7,10H2,1-2H3. The van der Waals surface area contributed by atoms with Gasteiger partial charge in [-0.2, -0.15) is 0 Å². The molecular formula is C18H22N2. The molecule has 20 heavy (non-hydrogen) atoms. The Labute approximate surface area is 120 Å². The van der Waals surface area contributed by atoms with Gasteiger partial charge in [-0.3, -0.25) is 4.90 Å². The van der Waals surface area contributed by atoms with E-state index < -0.39 is 0 Å². The van der Waals surface area contributed by atoms with Crippen LogP contribution in [0, 0.1) is 6.92 Å². The number of hydrogen-bond donors (Lipinski definition) is 0. The summed E-state index contributed by atoms with van der Waals surface area (Å²) in [7, 11) is 2.32. The van der Waals surface area contributed by atoms with Gasteiger partial charge in [0.05, 0.1) is 11.6 Å². The van der Waals surface area contributed by atoms with E-state index in [0.29, 0.717) is 6.04 Å². The summed E-state index contributed by atoms with van der Waals surface area (Å²) in [5.74, 6) is 0.775. The molecule has 1 aromatic carbocycles. The van der Waals surface area contributed by atoms with Crippen molar-refractivity contribution in [1.29, 1.82) is 0 Å². The van der Waals surface area contributed by atoms with Crippen LogP contribution in [0.3, 0.4) is 0 Å². The molecule has 2 bridgehead atoms. The lowest BCUT2D eigenvalue weighted by atomic mass is 9.77. The van der Waals surface area contributed by atoms with Crippen molar-refractivity contribution in [3.8, 4) is 0 Å². The molecule has 2 nitrogen and oxygen atoms in total. The van der Waals surface area contributed by atoms with Gasteiger partial charge < -0.3 is 4.57 Å². The molecule has 0 spiro atoms. The lowest BCUT2D eigenvalue weighted by molar-refractivity contribution is 0.138. The zero-order valence-electron chi connectivity index (χ0n) is 12.4. The maximum Gasteiger partial charge on any atom is 0.0518 e. The van der Waals surface area contributed by atoms with E-state index in [0.717, 1.165) is 5.92 Å². The molecule has 1 aliphatic carbocycles. The van der Waals surface area contributed by atoms with Crippen LogP contribution in [0.5, 0.6) is 0 Å². The fraction of sp³-hybridized carbons (Fsp3) is 0.556. The van der Waals surface area contributed by atoms with Crippen LogP contribution in [-0.4, -0.2) is 23.1 Å². The van der Waals surface area contributed by atoms with Crippen molar-refractivity contribution < 1.29 is 0 Å². The molecule has 2 aromatic rings. The Kier molecular flexibility index (Phi) is 2.09. The maximum absolute atomic E-state index is 2.69. The summed E-state index contributed by atoms with van der Waals surface area (Å²) >= 11 is 0. The second-order valence-electron chi connectivity index (χ2n) is 7.10. The van der Waals surface area contributed by atoms with Gasteiger partial charge in [-0.15, -0.1) is 0 Å². The van der Waals surface area contributed by atoms with Gasteiger partial charge in [-0.05, 0) is 62.8 Å². The third-order valence-corrected chi connectivity index (χ3v) is 5.84. The van der Waals surface area contributed by atoms with Crippen LogP contribution in [0.15, 0.2) is 12.1 Å². The third kappa shape index (κ3) is 1.24. The van der Waals surface area contributed by atoms with Crippen molar-refractivity contribution in [3.05, 3.63) is 34.5 Å². The number of nitrogens with zero attached hydrogens (tertiary/aromatic N) is 2. The summed E-state index contributed by atoms with van der Waals surface area (Å²) in [4.78, 5) is 2.60. The second-order valence-corrected chi connectivity index (χ2v) is 7.10. The molecule has 0 saturated carbocycles. The first-order chi connectivity index (χ1) is 9.74. The highest BCUT2D eigenvalue weighted by molar-refractivity contribution is 5.90. The smallest absolute Gasteiger partial charge is 0.0518 e. The van der Waals surface area contributed by atoms with Gasteiger partial charge in [0.1, 0.15) is 0 Å². The van der Waals surface area contributed by atoms with E-state index in [2.05, 4.69) is 35.6 Å². The Morgan fingerprint density at radius 3 is 2.95 bits per heavy atom. The van der Waals surface area contributed by atoms with Crippen molar-refractivity contribution >= 4 is 10.9 Å². The van der Waals surface area contributed by atoms with Gasteiger partial charge in [0.2, 0.25) is 0 Å². The van der Waals surface area contributed by atoms with Crippen molar-refractivity contribution in [2.75, 3.05) is 13.6 Å². The number of benzene rings is 1. The normalized spacial score (nSPS) is 28.1. The first kappa shape index (κ1) is 11.4. The van der Waals surface area contributed by atoms with Crippen molar-refractivity contribution in [2.24, 2.45) is 0 Å². The van der Waals surface area contributed by atoms with Crippen LogP contribution in [-0.2, 0) is 13.0 Å². The molecule has 4 aliphatic rings. The predicted octanol–water partition coefficient (Wildman–Crippen LogP) is 3.76. The Morgan fingerprint density at radius 1 is 1.20 bits per heavy atom. The van der Waals surface area contributed by atoms with E-state index in [4.69, 9.17) is 0 Å². The molecule has 2 heteroatoms. The SMILES string of the molecule is Cc1cc2c3c(c1)c1c(n3CCC2)C2CCC1CN2C. The summed E-state index contributed by atoms with van der Waals surface area (Å²) in [6.45, 7) is 4.76. The van der Waals surface area contributed by atoms with Gasteiger partial charge >= 0.3 is 0 Å². The van der Waals surface area contributed by atoms with Crippen LogP contribution >= 0.6 is 0 Å². The second kappa shape index (κ2) is 3.67. The van der Waals surface area contributed by atoms with E-state index in [1.54, 1.807) is 27.7 Å². The highest BCUT2D eigenvalue weighted by Gasteiger charge is 2.41. The predicted molar refractivity (Wildman–Crippen MR) is 82.3 cm³/mol. The molecule has 3 aliphatic heterocycles.